The number of halogens is 1. The normalized spacial score (nSPS) is 12.3. The average Bonchev–Trinajstić information content (AvgIpc) is 2.98. The van der Waals surface area contributed by atoms with Crippen molar-refractivity contribution in [2.45, 2.75) is 25.8 Å². The van der Waals surface area contributed by atoms with Crippen LogP contribution < -0.4 is 5.48 Å². The molecule has 4 nitrogen and oxygen atoms in total. The van der Waals surface area contributed by atoms with E-state index in [1.165, 1.54) is 12.1 Å². The molecule has 2 aromatic carbocycles. The third kappa shape index (κ3) is 3.03. The van der Waals surface area contributed by atoms with Gasteiger partial charge in [0.1, 0.15) is 5.82 Å². The Morgan fingerprint density at radius 2 is 2.04 bits per heavy atom. The first kappa shape index (κ1) is 16.2. The average molecular weight is 326 g/mol. The van der Waals surface area contributed by atoms with Gasteiger partial charge in [-0.3, -0.25) is 10.0 Å². The molecule has 0 spiro atoms. The van der Waals surface area contributed by atoms with Crippen molar-refractivity contribution in [1.82, 2.24) is 10.0 Å². The van der Waals surface area contributed by atoms with Crippen molar-refractivity contribution < 1.29 is 14.4 Å². The van der Waals surface area contributed by atoms with Crippen LogP contribution in [0.2, 0.25) is 0 Å². The number of benzene rings is 2. The molecule has 0 bridgehead atoms. The first-order chi connectivity index (χ1) is 11.6. The molecule has 0 radical (unpaired) electrons. The molecule has 1 unspecified atom stereocenters. The number of carbonyl (C=O) groups is 1. The highest BCUT2D eigenvalue weighted by Gasteiger charge is 2.22. The molecule has 0 aliphatic heterocycles. The van der Waals surface area contributed by atoms with Crippen molar-refractivity contribution in [3.8, 4) is 0 Å². The van der Waals surface area contributed by atoms with Crippen LogP contribution in [0.3, 0.4) is 0 Å². The first-order valence-electron chi connectivity index (χ1n) is 7.90. The number of carbonyl (C=O) groups excluding carboxylic acids is 1. The second-order valence-electron chi connectivity index (χ2n) is 5.73. The lowest BCUT2D eigenvalue weighted by atomic mass is 9.88. The number of aryl methyl sites for hydroxylation is 1. The molecule has 0 fully saturated rings. The highest BCUT2D eigenvalue weighted by atomic mass is 19.1. The summed E-state index contributed by atoms with van der Waals surface area (Å²) in [6.45, 7) is 2.84. The number of hydrogen-bond acceptors (Lipinski definition) is 2. The minimum absolute atomic E-state index is 0.0394. The molecule has 2 N–H and O–H groups in total. The van der Waals surface area contributed by atoms with E-state index in [9.17, 15) is 9.18 Å². The molecule has 3 rings (SSSR count). The number of rotatable bonds is 5. The molecule has 0 aliphatic rings. The predicted octanol–water partition coefficient (Wildman–Crippen LogP) is 3.83. The third-order valence-electron chi connectivity index (χ3n) is 4.30. The van der Waals surface area contributed by atoms with Crippen molar-refractivity contribution in [2.24, 2.45) is 0 Å². The van der Waals surface area contributed by atoms with E-state index in [0.29, 0.717) is 5.56 Å². The maximum absolute atomic E-state index is 13.7. The van der Waals surface area contributed by atoms with Crippen LogP contribution in [0.1, 0.15) is 30.4 Å². The zero-order valence-electron chi connectivity index (χ0n) is 13.4. The number of hydroxylamine groups is 1. The molecular weight excluding hydrogens is 307 g/mol. The smallest absolute Gasteiger partial charge is 0.244 e. The summed E-state index contributed by atoms with van der Waals surface area (Å²) >= 11 is 0. The molecular formula is C19H19FN2O2. The van der Waals surface area contributed by atoms with Crippen LogP contribution in [0.4, 0.5) is 4.39 Å². The van der Waals surface area contributed by atoms with Gasteiger partial charge in [0.2, 0.25) is 5.91 Å². The fourth-order valence-electron chi connectivity index (χ4n) is 3.18. The van der Waals surface area contributed by atoms with E-state index in [1.807, 2.05) is 37.4 Å². The molecule has 3 aromatic rings. The van der Waals surface area contributed by atoms with Crippen molar-refractivity contribution in [1.29, 1.82) is 0 Å². The molecule has 5 heteroatoms. The minimum atomic E-state index is -0.502. The number of fused-ring (bicyclic) bond motifs is 1. The van der Waals surface area contributed by atoms with Crippen LogP contribution in [0.25, 0.3) is 10.9 Å². The first-order valence-corrected chi connectivity index (χ1v) is 7.90. The van der Waals surface area contributed by atoms with Gasteiger partial charge >= 0.3 is 0 Å². The van der Waals surface area contributed by atoms with E-state index in [2.05, 4.69) is 4.57 Å². The van der Waals surface area contributed by atoms with Gasteiger partial charge in [0.25, 0.3) is 0 Å². The molecule has 0 aliphatic carbocycles. The maximum atomic E-state index is 13.7. The fourth-order valence-corrected chi connectivity index (χ4v) is 3.18. The summed E-state index contributed by atoms with van der Waals surface area (Å²) in [6, 6.07) is 14.2. The molecule has 0 saturated heterocycles. The standard InChI is InChI=1S/C19H19FN2O2/c1-2-22-12-17(15-8-3-4-9-18(15)22)16(11-19(23)21-24)13-6-5-7-14(20)10-13/h3-10,12,16,24H,2,11H2,1H3,(H,21,23). The maximum Gasteiger partial charge on any atom is 0.244 e. The topological polar surface area (TPSA) is 54.3 Å². The highest BCUT2D eigenvalue weighted by molar-refractivity contribution is 5.86. The van der Waals surface area contributed by atoms with Crippen LogP contribution in [0.5, 0.6) is 0 Å². The largest absolute Gasteiger partial charge is 0.347 e. The lowest BCUT2D eigenvalue weighted by Gasteiger charge is -2.16. The molecule has 0 saturated carbocycles. The summed E-state index contributed by atoms with van der Waals surface area (Å²) in [7, 11) is 0. The Hall–Kier alpha value is -2.66. The summed E-state index contributed by atoms with van der Waals surface area (Å²) in [5, 5.41) is 9.95. The second-order valence-corrected chi connectivity index (χ2v) is 5.73. The van der Waals surface area contributed by atoms with Crippen molar-refractivity contribution in [2.75, 3.05) is 0 Å². The van der Waals surface area contributed by atoms with Gasteiger partial charge < -0.3 is 4.57 Å². The molecule has 24 heavy (non-hydrogen) atoms. The molecule has 124 valence electrons. The van der Waals surface area contributed by atoms with Crippen molar-refractivity contribution in [3.63, 3.8) is 0 Å². The number of amides is 1. The number of para-hydroxylation sites is 1. The molecule has 1 atom stereocenters. The third-order valence-corrected chi connectivity index (χ3v) is 4.30. The molecule has 1 aromatic heterocycles. The monoisotopic (exact) mass is 326 g/mol. The lowest BCUT2D eigenvalue weighted by Crippen LogP contribution is -2.21. The SMILES string of the molecule is CCn1cc(C(CC(=O)NO)c2cccc(F)c2)c2ccccc21. The van der Waals surface area contributed by atoms with E-state index in [0.717, 1.165) is 23.0 Å². The number of aromatic nitrogens is 1. The van der Waals surface area contributed by atoms with Gasteiger partial charge in [-0.2, -0.15) is 0 Å². The molecule has 1 amide bonds. The Morgan fingerprint density at radius 3 is 2.75 bits per heavy atom. The van der Waals surface area contributed by atoms with Crippen molar-refractivity contribution in [3.05, 3.63) is 71.7 Å². The van der Waals surface area contributed by atoms with Crippen LogP contribution in [0.15, 0.2) is 54.7 Å². The number of hydrogen-bond donors (Lipinski definition) is 2. The number of nitrogens with one attached hydrogen (secondary N) is 1. The van der Waals surface area contributed by atoms with Gasteiger partial charge in [0, 0.05) is 36.0 Å². The minimum Gasteiger partial charge on any atom is -0.347 e. The van der Waals surface area contributed by atoms with E-state index >= 15 is 0 Å². The lowest BCUT2D eigenvalue weighted by molar-refractivity contribution is -0.129. The zero-order valence-corrected chi connectivity index (χ0v) is 13.4. The summed E-state index contributed by atoms with van der Waals surface area (Å²) in [5.74, 6) is -1.19. The van der Waals surface area contributed by atoms with E-state index < -0.39 is 5.91 Å². The van der Waals surface area contributed by atoms with Gasteiger partial charge in [-0.05, 0) is 36.2 Å². The highest BCUT2D eigenvalue weighted by Crippen LogP contribution is 2.35. The van der Waals surface area contributed by atoms with Gasteiger partial charge in [0.05, 0.1) is 0 Å². The Balaban J connectivity index is 2.17. The summed E-state index contributed by atoms with van der Waals surface area (Å²) in [4.78, 5) is 11.8. The van der Waals surface area contributed by atoms with E-state index in [-0.39, 0.29) is 18.2 Å². The van der Waals surface area contributed by atoms with E-state index in [1.54, 1.807) is 17.6 Å². The van der Waals surface area contributed by atoms with Gasteiger partial charge in [0.15, 0.2) is 0 Å². The fraction of sp³-hybridized carbons (Fsp3) is 0.211. The second kappa shape index (κ2) is 6.84. The van der Waals surface area contributed by atoms with E-state index in [4.69, 9.17) is 5.21 Å². The number of nitrogens with zero attached hydrogens (tertiary/aromatic N) is 1. The molecule has 1 heterocycles. The van der Waals surface area contributed by atoms with Crippen LogP contribution in [0, 0.1) is 5.82 Å². The van der Waals surface area contributed by atoms with Crippen LogP contribution in [-0.4, -0.2) is 15.7 Å². The summed E-state index contributed by atoms with van der Waals surface area (Å²) in [5.41, 5.74) is 4.40. The predicted molar refractivity (Wildman–Crippen MR) is 90.4 cm³/mol. The summed E-state index contributed by atoms with van der Waals surface area (Å²) < 4.78 is 15.8. The Morgan fingerprint density at radius 1 is 1.25 bits per heavy atom. The quantitative estimate of drug-likeness (QED) is 0.553. The summed E-state index contributed by atoms with van der Waals surface area (Å²) in [6.07, 6.45) is 2.04. The van der Waals surface area contributed by atoms with Gasteiger partial charge in [-0.15, -0.1) is 0 Å². The van der Waals surface area contributed by atoms with Gasteiger partial charge in [-0.1, -0.05) is 30.3 Å². The van der Waals surface area contributed by atoms with Crippen LogP contribution in [-0.2, 0) is 11.3 Å². The zero-order chi connectivity index (χ0) is 17.1. The Labute approximate surface area is 139 Å². The van der Waals surface area contributed by atoms with Gasteiger partial charge in [-0.25, -0.2) is 9.87 Å². The van der Waals surface area contributed by atoms with Crippen molar-refractivity contribution >= 4 is 16.8 Å². The van der Waals surface area contributed by atoms with Crippen LogP contribution >= 0.6 is 0 Å². The Kier molecular flexibility index (Phi) is 4.62. The Bertz CT molecular complexity index is 873.